The van der Waals surface area contributed by atoms with Crippen LogP contribution in [0, 0.1) is 5.92 Å². The van der Waals surface area contributed by atoms with Gasteiger partial charge in [0.05, 0.1) is 13.7 Å². The predicted molar refractivity (Wildman–Crippen MR) is 125 cm³/mol. The number of piperidine rings is 1. The Labute approximate surface area is 194 Å². The molecule has 1 aliphatic heterocycles. The average Bonchev–Trinajstić information content (AvgIpc) is 2.79. The highest BCUT2D eigenvalue weighted by molar-refractivity contribution is 6.30. The molecular weight excluding hydrogens is 430 g/mol. The monoisotopic (exact) mass is 459 g/mol. The summed E-state index contributed by atoms with van der Waals surface area (Å²) in [5.74, 6) is 1.62. The maximum absolute atomic E-state index is 12.5. The highest BCUT2D eigenvalue weighted by Gasteiger charge is 2.24. The molecule has 0 spiro atoms. The molecule has 0 radical (unpaired) electrons. The molecule has 8 heteroatoms. The van der Waals surface area contributed by atoms with Gasteiger partial charge >= 0.3 is 6.03 Å². The lowest BCUT2D eigenvalue weighted by Crippen LogP contribution is -2.41. The first kappa shape index (κ1) is 23.7. The van der Waals surface area contributed by atoms with Crippen LogP contribution >= 0.6 is 11.6 Å². The first-order valence-corrected chi connectivity index (χ1v) is 11.2. The molecule has 2 N–H and O–H groups in total. The number of rotatable bonds is 8. The molecule has 0 aromatic heterocycles. The van der Waals surface area contributed by atoms with Crippen LogP contribution in [-0.4, -0.2) is 43.6 Å². The van der Waals surface area contributed by atoms with Gasteiger partial charge in [-0.25, -0.2) is 4.79 Å². The predicted octanol–water partition coefficient (Wildman–Crippen LogP) is 4.70. The molecule has 0 bridgehead atoms. The van der Waals surface area contributed by atoms with Crippen LogP contribution in [-0.2, 0) is 11.3 Å². The second-order valence-electron chi connectivity index (χ2n) is 7.77. The number of ether oxygens (including phenoxy) is 2. The van der Waals surface area contributed by atoms with Crippen LogP contribution in [0.2, 0.25) is 5.02 Å². The number of benzene rings is 2. The molecule has 7 nitrogen and oxygen atoms in total. The van der Waals surface area contributed by atoms with E-state index in [-0.39, 0.29) is 17.9 Å². The van der Waals surface area contributed by atoms with E-state index in [0.29, 0.717) is 54.9 Å². The SMILES string of the molecule is CCOc1ccc(CNC(=O)CC2CCN(C(=O)Nc3cccc(Cl)c3)CC2)cc1OC. The molecule has 1 heterocycles. The first-order chi connectivity index (χ1) is 15.5. The third kappa shape index (κ3) is 6.79. The van der Waals surface area contributed by atoms with Crippen LogP contribution in [0.25, 0.3) is 0 Å². The molecule has 0 atom stereocenters. The Morgan fingerprint density at radius 1 is 1.12 bits per heavy atom. The summed E-state index contributed by atoms with van der Waals surface area (Å²) < 4.78 is 10.9. The van der Waals surface area contributed by atoms with Crippen molar-refractivity contribution in [2.45, 2.75) is 32.7 Å². The Bertz CT molecular complexity index is 929. The van der Waals surface area contributed by atoms with Gasteiger partial charge in [-0.1, -0.05) is 23.7 Å². The number of amides is 3. The van der Waals surface area contributed by atoms with Crippen molar-refractivity contribution in [2.24, 2.45) is 5.92 Å². The van der Waals surface area contributed by atoms with Crippen LogP contribution < -0.4 is 20.1 Å². The molecule has 1 aliphatic rings. The van der Waals surface area contributed by atoms with E-state index in [0.717, 1.165) is 18.4 Å². The number of nitrogens with zero attached hydrogens (tertiary/aromatic N) is 1. The maximum Gasteiger partial charge on any atom is 0.321 e. The van der Waals surface area contributed by atoms with Crippen LogP contribution in [0.1, 0.15) is 31.7 Å². The molecule has 2 aromatic rings. The van der Waals surface area contributed by atoms with Crippen LogP contribution in [0.15, 0.2) is 42.5 Å². The summed E-state index contributed by atoms with van der Waals surface area (Å²) >= 11 is 5.97. The number of halogens is 1. The van der Waals surface area contributed by atoms with E-state index in [1.807, 2.05) is 25.1 Å². The summed E-state index contributed by atoms with van der Waals surface area (Å²) in [4.78, 5) is 26.7. The number of likely N-dealkylation sites (tertiary alicyclic amines) is 1. The second-order valence-corrected chi connectivity index (χ2v) is 8.21. The van der Waals surface area contributed by atoms with Crippen LogP contribution in [0.4, 0.5) is 10.5 Å². The third-order valence-corrected chi connectivity index (χ3v) is 5.70. The summed E-state index contributed by atoms with van der Waals surface area (Å²) in [6, 6.07) is 12.6. The first-order valence-electron chi connectivity index (χ1n) is 10.9. The summed E-state index contributed by atoms with van der Waals surface area (Å²) in [5.41, 5.74) is 1.63. The van der Waals surface area contributed by atoms with E-state index in [1.165, 1.54) is 0 Å². The van der Waals surface area contributed by atoms with Crippen LogP contribution in [0.3, 0.4) is 0 Å². The molecule has 3 amide bonds. The van der Waals surface area contributed by atoms with Gasteiger partial charge < -0.3 is 25.0 Å². The second kappa shape index (κ2) is 11.6. The van der Waals surface area contributed by atoms with E-state index in [2.05, 4.69) is 10.6 Å². The quantitative estimate of drug-likeness (QED) is 0.599. The largest absolute Gasteiger partial charge is 0.493 e. The fourth-order valence-electron chi connectivity index (χ4n) is 3.74. The van der Waals surface area contributed by atoms with Gasteiger partial charge in [-0.05, 0) is 61.6 Å². The van der Waals surface area contributed by atoms with Gasteiger partial charge in [0.25, 0.3) is 0 Å². The molecule has 32 heavy (non-hydrogen) atoms. The molecule has 172 valence electrons. The third-order valence-electron chi connectivity index (χ3n) is 5.47. The minimum absolute atomic E-state index is 0.0136. The number of hydrogen-bond acceptors (Lipinski definition) is 4. The van der Waals surface area contributed by atoms with Crippen molar-refractivity contribution in [3.8, 4) is 11.5 Å². The topological polar surface area (TPSA) is 79.9 Å². The zero-order chi connectivity index (χ0) is 22.9. The number of methoxy groups -OCH3 is 1. The summed E-state index contributed by atoms with van der Waals surface area (Å²) in [6.07, 6.45) is 2.05. The molecule has 0 aliphatic carbocycles. The summed E-state index contributed by atoms with van der Waals surface area (Å²) in [6.45, 7) is 4.17. The molecule has 2 aromatic carbocycles. The highest BCUT2D eigenvalue weighted by atomic mass is 35.5. The Balaban J connectivity index is 1.41. The smallest absolute Gasteiger partial charge is 0.321 e. The minimum atomic E-state index is -0.139. The number of hydrogen-bond donors (Lipinski definition) is 2. The van der Waals surface area contributed by atoms with E-state index in [9.17, 15) is 9.59 Å². The van der Waals surface area contributed by atoms with Crippen molar-refractivity contribution in [3.05, 3.63) is 53.1 Å². The van der Waals surface area contributed by atoms with Gasteiger partial charge in [0.15, 0.2) is 11.5 Å². The minimum Gasteiger partial charge on any atom is -0.493 e. The zero-order valence-corrected chi connectivity index (χ0v) is 19.3. The molecule has 3 rings (SSSR count). The lowest BCUT2D eigenvalue weighted by molar-refractivity contribution is -0.122. The van der Waals surface area contributed by atoms with Crippen molar-refractivity contribution in [3.63, 3.8) is 0 Å². The van der Waals surface area contributed by atoms with Crippen molar-refractivity contribution in [1.29, 1.82) is 0 Å². The lowest BCUT2D eigenvalue weighted by Gasteiger charge is -2.31. The van der Waals surface area contributed by atoms with Crippen molar-refractivity contribution in [2.75, 3.05) is 32.1 Å². The standard InChI is InChI=1S/C24H30ClN3O4/c1-3-32-21-8-7-18(13-22(21)31-2)16-26-23(29)14-17-9-11-28(12-10-17)24(30)27-20-6-4-5-19(25)15-20/h4-8,13,15,17H,3,9-12,14,16H2,1-2H3,(H,26,29)(H,27,30). The average molecular weight is 460 g/mol. The van der Waals surface area contributed by atoms with Gasteiger partial charge in [-0.2, -0.15) is 0 Å². The fourth-order valence-corrected chi connectivity index (χ4v) is 3.93. The molecule has 1 saturated heterocycles. The molecule has 1 fully saturated rings. The van der Waals surface area contributed by atoms with E-state index in [4.69, 9.17) is 21.1 Å². The Morgan fingerprint density at radius 3 is 2.59 bits per heavy atom. The number of urea groups is 1. The van der Waals surface area contributed by atoms with Gasteiger partial charge in [0, 0.05) is 36.8 Å². The maximum atomic E-state index is 12.5. The number of carbonyl (C=O) groups excluding carboxylic acids is 2. The number of carbonyl (C=O) groups is 2. The zero-order valence-electron chi connectivity index (χ0n) is 18.5. The van der Waals surface area contributed by atoms with Gasteiger partial charge in [-0.3, -0.25) is 4.79 Å². The van der Waals surface area contributed by atoms with Crippen molar-refractivity contribution < 1.29 is 19.1 Å². The summed E-state index contributed by atoms with van der Waals surface area (Å²) in [7, 11) is 1.60. The lowest BCUT2D eigenvalue weighted by atomic mass is 9.93. The van der Waals surface area contributed by atoms with E-state index in [1.54, 1.807) is 36.3 Å². The summed E-state index contributed by atoms with van der Waals surface area (Å²) in [5, 5.41) is 6.43. The Morgan fingerprint density at radius 2 is 1.91 bits per heavy atom. The van der Waals surface area contributed by atoms with Crippen LogP contribution in [0.5, 0.6) is 11.5 Å². The van der Waals surface area contributed by atoms with Gasteiger partial charge in [0.1, 0.15) is 0 Å². The molecule has 0 unspecified atom stereocenters. The molecular formula is C24H30ClN3O4. The Hall–Kier alpha value is -2.93. The normalized spacial score (nSPS) is 14.0. The van der Waals surface area contributed by atoms with Crippen molar-refractivity contribution >= 4 is 29.2 Å². The fraction of sp³-hybridized carbons (Fsp3) is 0.417. The van der Waals surface area contributed by atoms with E-state index >= 15 is 0 Å². The van der Waals surface area contributed by atoms with Gasteiger partial charge in [-0.15, -0.1) is 0 Å². The molecule has 0 saturated carbocycles. The van der Waals surface area contributed by atoms with E-state index < -0.39 is 0 Å². The Kier molecular flexibility index (Phi) is 8.62. The van der Waals surface area contributed by atoms with Crippen molar-refractivity contribution in [1.82, 2.24) is 10.2 Å². The van der Waals surface area contributed by atoms with Gasteiger partial charge in [0.2, 0.25) is 5.91 Å². The highest BCUT2D eigenvalue weighted by Crippen LogP contribution is 2.28. The number of anilines is 1. The number of nitrogens with one attached hydrogen (secondary N) is 2.